The standard InChI is InChI=1S/C19H28O6/c1-11-8-13(9-24-18(22)19(3,4)5)6-7-15(11)25-17-16(21)12(2)14(20)10-23-17/h6-8,12,14,16-17,20-21H,9-10H2,1-5H3/t12-,14+,16+,17+/m0/s1. The van der Waals surface area contributed by atoms with Gasteiger partial charge in [0.1, 0.15) is 18.5 Å². The number of aliphatic hydroxyl groups excluding tert-OH is 2. The molecule has 4 atom stereocenters. The Labute approximate surface area is 148 Å². The fraction of sp³-hybridized carbons (Fsp3) is 0.632. The molecule has 1 heterocycles. The number of carbonyl (C=O) groups is 1. The van der Waals surface area contributed by atoms with E-state index in [0.717, 1.165) is 11.1 Å². The summed E-state index contributed by atoms with van der Waals surface area (Å²) in [5.74, 6) is 0.00503. The van der Waals surface area contributed by atoms with E-state index in [1.807, 2.05) is 39.8 Å². The topological polar surface area (TPSA) is 85.2 Å². The van der Waals surface area contributed by atoms with Crippen molar-refractivity contribution in [1.82, 2.24) is 0 Å². The van der Waals surface area contributed by atoms with Crippen molar-refractivity contribution in [1.29, 1.82) is 0 Å². The maximum Gasteiger partial charge on any atom is 0.311 e. The third-order valence-electron chi connectivity index (χ3n) is 4.32. The zero-order chi connectivity index (χ0) is 18.8. The van der Waals surface area contributed by atoms with Crippen molar-refractivity contribution in [2.75, 3.05) is 6.61 Å². The van der Waals surface area contributed by atoms with Crippen LogP contribution in [0.25, 0.3) is 0 Å². The molecule has 2 N–H and O–H groups in total. The Kier molecular flexibility index (Phi) is 6.08. The van der Waals surface area contributed by atoms with Crippen molar-refractivity contribution in [3.8, 4) is 5.75 Å². The normalized spacial score (nSPS) is 27.0. The van der Waals surface area contributed by atoms with E-state index < -0.39 is 23.9 Å². The molecule has 0 saturated carbocycles. The Bertz CT molecular complexity index is 606. The van der Waals surface area contributed by atoms with Gasteiger partial charge in [0, 0.05) is 5.92 Å². The molecule has 0 spiro atoms. The van der Waals surface area contributed by atoms with Crippen molar-refractivity contribution < 1.29 is 29.2 Å². The van der Waals surface area contributed by atoms with Gasteiger partial charge in [-0.05, 0) is 51.0 Å². The maximum atomic E-state index is 11.8. The van der Waals surface area contributed by atoms with Crippen molar-refractivity contribution in [3.05, 3.63) is 29.3 Å². The Morgan fingerprint density at radius 1 is 1.32 bits per heavy atom. The largest absolute Gasteiger partial charge is 0.462 e. The maximum absolute atomic E-state index is 11.8. The predicted molar refractivity (Wildman–Crippen MR) is 92.0 cm³/mol. The molecule has 2 rings (SSSR count). The molecule has 1 aliphatic heterocycles. The van der Waals surface area contributed by atoms with Crippen LogP contribution in [0.3, 0.4) is 0 Å². The number of aliphatic hydroxyl groups is 2. The minimum atomic E-state index is -0.907. The number of ether oxygens (including phenoxy) is 3. The molecule has 1 aromatic rings. The van der Waals surface area contributed by atoms with Gasteiger partial charge in [0.2, 0.25) is 6.29 Å². The summed E-state index contributed by atoms with van der Waals surface area (Å²) < 4.78 is 16.5. The van der Waals surface area contributed by atoms with E-state index in [4.69, 9.17) is 14.2 Å². The molecular formula is C19H28O6. The van der Waals surface area contributed by atoms with Crippen molar-refractivity contribution in [3.63, 3.8) is 0 Å². The molecule has 0 bridgehead atoms. The van der Waals surface area contributed by atoms with E-state index in [-0.39, 0.29) is 25.1 Å². The first-order valence-corrected chi connectivity index (χ1v) is 8.50. The van der Waals surface area contributed by atoms with Crippen LogP contribution in [0.1, 0.15) is 38.8 Å². The first-order chi connectivity index (χ1) is 11.6. The van der Waals surface area contributed by atoms with Gasteiger partial charge in [-0.15, -0.1) is 0 Å². The van der Waals surface area contributed by atoms with E-state index in [0.29, 0.717) is 5.75 Å². The van der Waals surface area contributed by atoms with E-state index in [9.17, 15) is 15.0 Å². The third-order valence-corrected chi connectivity index (χ3v) is 4.32. The average molecular weight is 352 g/mol. The van der Waals surface area contributed by atoms with Crippen LogP contribution < -0.4 is 4.74 Å². The van der Waals surface area contributed by atoms with Gasteiger partial charge in [-0.3, -0.25) is 4.79 Å². The van der Waals surface area contributed by atoms with Gasteiger partial charge in [0.25, 0.3) is 0 Å². The zero-order valence-corrected chi connectivity index (χ0v) is 15.5. The van der Waals surface area contributed by atoms with Gasteiger partial charge in [-0.1, -0.05) is 13.0 Å². The second kappa shape index (κ2) is 7.72. The predicted octanol–water partition coefficient (Wildman–Crippen LogP) is 2.18. The summed E-state index contributed by atoms with van der Waals surface area (Å²) in [7, 11) is 0. The molecule has 25 heavy (non-hydrogen) atoms. The molecule has 1 saturated heterocycles. The molecule has 0 amide bonds. The molecule has 140 valence electrons. The number of esters is 1. The highest BCUT2D eigenvalue weighted by atomic mass is 16.7. The summed E-state index contributed by atoms with van der Waals surface area (Å²) in [5.41, 5.74) is 1.17. The van der Waals surface area contributed by atoms with Crippen LogP contribution in [0.15, 0.2) is 18.2 Å². The van der Waals surface area contributed by atoms with E-state index >= 15 is 0 Å². The fourth-order valence-corrected chi connectivity index (χ4v) is 2.45. The molecule has 1 aliphatic rings. The molecule has 0 aliphatic carbocycles. The van der Waals surface area contributed by atoms with Crippen LogP contribution in [-0.2, 0) is 20.9 Å². The summed E-state index contributed by atoms with van der Waals surface area (Å²) in [6, 6.07) is 5.45. The van der Waals surface area contributed by atoms with Crippen LogP contribution in [0.2, 0.25) is 0 Å². The molecular weight excluding hydrogens is 324 g/mol. The van der Waals surface area contributed by atoms with Gasteiger partial charge in [-0.25, -0.2) is 0 Å². The van der Waals surface area contributed by atoms with Gasteiger partial charge in [0.15, 0.2) is 0 Å². The lowest BCUT2D eigenvalue weighted by Crippen LogP contribution is -2.50. The van der Waals surface area contributed by atoms with Gasteiger partial charge in [-0.2, -0.15) is 0 Å². The molecule has 0 radical (unpaired) electrons. The number of hydrogen-bond donors (Lipinski definition) is 2. The van der Waals surface area contributed by atoms with Crippen LogP contribution in [0.4, 0.5) is 0 Å². The Hall–Kier alpha value is -1.63. The molecule has 1 aromatic carbocycles. The number of aryl methyl sites for hydroxylation is 1. The lowest BCUT2D eigenvalue weighted by molar-refractivity contribution is -0.221. The van der Waals surface area contributed by atoms with Gasteiger partial charge >= 0.3 is 5.97 Å². The fourth-order valence-electron chi connectivity index (χ4n) is 2.45. The molecule has 0 aromatic heterocycles. The van der Waals surface area contributed by atoms with Crippen LogP contribution in [-0.4, -0.2) is 41.3 Å². The highest BCUT2D eigenvalue weighted by Gasteiger charge is 2.37. The molecule has 6 heteroatoms. The minimum Gasteiger partial charge on any atom is -0.462 e. The second-order valence-corrected chi connectivity index (χ2v) is 7.66. The quantitative estimate of drug-likeness (QED) is 0.808. The van der Waals surface area contributed by atoms with Gasteiger partial charge in [0.05, 0.1) is 18.1 Å². The number of rotatable bonds is 4. The average Bonchev–Trinajstić information content (AvgIpc) is 2.54. The van der Waals surface area contributed by atoms with Crippen LogP contribution in [0.5, 0.6) is 5.75 Å². The highest BCUT2D eigenvalue weighted by Crippen LogP contribution is 2.27. The lowest BCUT2D eigenvalue weighted by atomic mass is 9.96. The SMILES string of the molecule is Cc1cc(COC(=O)C(C)(C)C)ccc1O[C@H]1OC[C@@H](O)[C@H](C)[C@H]1O. The van der Waals surface area contributed by atoms with E-state index in [1.54, 1.807) is 13.0 Å². The van der Waals surface area contributed by atoms with E-state index in [1.165, 1.54) is 0 Å². The molecule has 0 unspecified atom stereocenters. The summed E-state index contributed by atoms with van der Waals surface area (Å²) >= 11 is 0. The first kappa shape index (κ1) is 19.7. The van der Waals surface area contributed by atoms with Crippen molar-refractivity contribution in [2.45, 2.75) is 59.7 Å². The Morgan fingerprint density at radius 3 is 2.60 bits per heavy atom. The van der Waals surface area contributed by atoms with Crippen molar-refractivity contribution in [2.24, 2.45) is 11.3 Å². The van der Waals surface area contributed by atoms with E-state index in [2.05, 4.69) is 0 Å². The summed E-state index contributed by atoms with van der Waals surface area (Å²) in [4.78, 5) is 11.8. The zero-order valence-electron chi connectivity index (χ0n) is 15.5. The van der Waals surface area contributed by atoms with Crippen LogP contribution >= 0.6 is 0 Å². The summed E-state index contributed by atoms with van der Waals surface area (Å²) in [6.45, 7) is 9.39. The van der Waals surface area contributed by atoms with Crippen LogP contribution in [0, 0.1) is 18.3 Å². The Balaban J connectivity index is 1.99. The second-order valence-electron chi connectivity index (χ2n) is 7.66. The Morgan fingerprint density at radius 2 is 2.00 bits per heavy atom. The monoisotopic (exact) mass is 352 g/mol. The highest BCUT2D eigenvalue weighted by molar-refractivity contribution is 5.75. The number of carbonyl (C=O) groups excluding carboxylic acids is 1. The number of hydrogen-bond acceptors (Lipinski definition) is 6. The molecule has 1 fully saturated rings. The summed E-state index contributed by atoms with van der Waals surface area (Å²) in [5, 5.41) is 19.9. The smallest absolute Gasteiger partial charge is 0.311 e. The lowest BCUT2D eigenvalue weighted by Gasteiger charge is -2.36. The molecule has 6 nitrogen and oxygen atoms in total. The number of benzene rings is 1. The minimum absolute atomic E-state index is 0.128. The summed E-state index contributed by atoms with van der Waals surface area (Å²) in [6.07, 6.45) is -2.42. The third kappa shape index (κ3) is 4.93. The first-order valence-electron chi connectivity index (χ1n) is 8.50. The van der Waals surface area contributed by atoms with Crippen molar-refractivity contribution >= 4 is 5.97 Å². The van der Waals surface area contributed by atoms with Gasteiger partial charge < -0.3 is 24.4 Å².